The van der Waals surface area contributed by atoms with E-state index in [-0.39, 0.29) is 29.8 Å². The normalized spacial score (nSPS) is 10.2. The molecule has 0 fully saturated rings. The summed E-state index contributed by atoms with van der Waals surface area (Å²) in [5.74, 6) is -0.357. The number of hydrogen-bond donors (Lipinski definition) is 1. The number of aromatic hydroxyl groups is 1. The molecule has 0 heterocycles. The van der Waals surface area contributed by atoms with Gasteiger partial charge in [-0.15, -0.1) is 0 Å². The van der Waals surface area contributed by atoms with Crippen molar-refractivity contribution in [2.45, 2.75) is 6.54 Å². The minimum atomic E-state index is -0.334. The fourth-order valence-corrected chi connectivity index (χ4v) is 1.83. The molecule has 2 aromatic rings. The fraction of sp³-hybridized carbons (Fsp3) is 0.188. The molecule has 0 aliphatic rings. The average Bonchev–Trinajstić information content (AvgIpc) is 2.46. The van der Waals surface area contributed by atoms with E-state index in [0.29, 0.717) is 12.1 Å². The summed E-state index contributed by atoms with van der Waals surface area (Å²) in [4.78, 5) is 13.4. The maximum absolute atomic E-state index is 13.1. The van der Waals surface area contributed by atoms with Crippen molar-refractivity contribution in [1.82, 2.24) is 4.90 Å². The number of likely N-dealkylation sites (N-methyl/N-ethyl adjacent to an activating group) is 1. The first kappa shape index (κ1) is 14.8. The first-order chi connectivity index (χ1) is 10.1. The monoisotopic (exact) mass is 289 g/mol. The number of ether oxygens (including phenoxy) is 1. The van der Waals surface area contributed by atoms with E-state index in [1.165, 1.54) is 23.1 Å². The van der Waals surface area contributed by atoms with Crippen LogP contribution in [0, 0.1) is 5.82 Å². The Labute approximate surface area is 122 Å². The molecule has 2 aromatic carbocycles. The molecule has 0 aliphatic carbocycles. The number of phenols is 1. The molecule has 21 heavy (non-hydrogen) atoms. The second-order valence-electron chi connectivity index (χ2n) is 4.64. The molecule has 4 nitrogen and oxygen atoms in total. The lowest BCUT2D eigenvalue weighted by Gasteiger charge is -2.17. The highest BCUT2D eigenvalue weighted by Gasteiger charge is 2.11. The number of benzene rings is 2. The number of phenolic OH excluding ortho intramolecular Hbond substituents is 1. The Morgan fingerprint density at radius 3 is 2.71 bits per heavy atom. The third-order valence-corrected chi connectivity index (χ3v) is 2.95. The van der Waals surface area contributed by atoms with Crippen molar-refractivity contribution in [3.63, 3.8) is 0 Å². The molecule has 0 aromatic heterocycles. The van der Waals surface area contributed by atoms with Crippen LogP contribution in [0.5, 0.6) is 11.5 Å². The number of amides is 1. The number of halogens is 1. The summed E-state index contributed by atoms with van der Waals surface area (Å²) in [7, 11) is 1.61. The van der Waals surface area contributed by atoms with Crippen molar-refractivity contribution in [2.24, 2.45) is 0 Å². The van der Waals surface area contributed by atoms with Crippen molar-refractivity contribution < 1.29 is 19.0 Å². The van der Waals surface area contributed by atoms with Gasteiger partial charge in [-0.05, 0) is 29.8 Å². The van der Waals surface area contributed by atoms with Crippen molar-refractivity contribution in [3.8, 4) is 11.5 Å². The van der Waals surface area contributed by atoms with Crippen LogP contribution in [0.25, 0.3) is 0 Å². The predicted molar refractivity (Wildman–Crippen MR) is 76.5 cm³/mol. The van der Waals surface area contributed by atoms with Gasteiger partial charge in [0.25, 0.3) is 5.91 Å². The van der Waals surface area contributed by atoms with Crippen LogP contribution in [0.3, 0.4) is 0 Å². The van der Waals surface area contributed by atoms with Gasteiger partial charge in [-0.2, -0.15) is 0 Å². The number of carbonyl (C=O) groups is 1. The van der Waals surface area contributed by atoms with Gasteiger partial charge in [0.05, 0.1) is 0 Å². The van der Waals surface area contributed by atoms with Crippen LogP contribution in [-0.2, 0) is 11.3 Å². The van der Waals surface area contributed by atoms with E-state index in [2.05, 4.69) is 0 Å². The quantitative estimate of drug-likeness (QED) is 0.920. The summed E-state index contributed by atoms with van der Waals surface area (Å²) >= 11 is 0. The van der Waals surface area contributed by atoms with Gasteiger partial charge in [-0.3, -0.25) is 4.79 Å². The highest BCUT2D eigenvalue weighted by atomic mass is 19.1. The van der Waals surface area contributed by atoms with Gasteiger partial charge in [0.15, 0.2) is 18.1 Å². The van der Waals surface area contributed by atoms with Gasteiger partial charge in [0, 0.05) is 13.6 Å². The average molecular weight is 289 g/mol. The molecule has 0 unspecified atom stereocenters. The second-order valence-corrected chi connectivity index (χ2v) is 4.64. The lowest BCUT2D eigenvalue weighted by molar-refractivity contribution is -0.132. The molecule has 2 rings (SSSR count). The van der Waals surface area contributed by atoms with Gasteiger partial charge >= 0.3 is 0 Å². The van der Waals surface area contributed by atoms with Crippen LogP contribution in [0.4, 0.5) is 4.39 Å². The summed E-state index contributed by atoms with van der Waals surface area (Å²) in [5.41, 5.74) is 0.702. The smallest absolute Gasteiger partial charge is 0.260 e. The Morgan fingerprint density at radius 2 is 2.00 bits per heavy atom. The van der Waals surface area contributed by atoms with Gasteiger partial charge in [-0.25, -0.2) is 4.39 Å². The van der Waals surface area contributed by atoms with Crippen molar-refractivity contribution in [2.75, 3.05) is 13.7 Å². The molecular formula is C16H16FNO3. The minimum absolute atomic E-state index is 0.0157. The van der Waals surface area contributed by atoms with Gasteiger partial charge < -0.3 is 14.7 Å². The van der Waals surface area contributed by atoms with E-state index in [0.717, 1.165) is 0 Å². The standard InChI is InChI=1S/C16H16FNO3/c1-18(10-12-5-4-6-13(17)9-12)16(20)11-21-15-8-3-2-7-14(15)19/h2-9,19H,10-11H2,1H3. The van der Waals surface area contributed by atoms with E-state index >= 15 is 0 Å². The highest BCUT2D eigenvalue weighted by Crippen LogP contribution is 2.24. The van der Waals surface area contributed by atoms with Crippen LogP contribution in [0.1, 0.15) is 5.56 Å². The third kappa shape index (κ3) is 4.21. The molecule has 0 radical (unpaired) electrons. The number of hydrogen-bond acceptors (Lipinski definition) is 3. The number of carbonyl (C=O) groups excluding carboxylic acids is 1. The Morgan fingerprint density at radius 1 is 1.24 bits per heavy atom. The van der Waals surface area contributed by atoms with Crippen molar-refractivity contribution in [1.29, 1.82) is 0 Å². The Kier molecular flexibility index (Phi) is 4.77. The molecule has 0 aliphatic heterocycles. The summed E-state index contributed by atoms with van der Waals surface area (Å²) in [5, 5.41) is 9.54. The summed E-state index contributed by atoms with van der Waals surface area (Å²) in [6.45, 7) is 0.101. The molecule has 0 bridgehead atoms. The topological polar surface area (TPSA) is 49.8 Å². The van der Waals surface area contributed by atoms with Crippen LogP contribution in [0.2, 0.25) is 0 Å². The first-order valence-corrected chi connectivity index (χ1v) is 6.45. The van der Waals surface area contributed by atoms with Crippen molar-refractivity contribution >= 4 is 5.91 Å². The Hall–Kier alpha value is -2.56. The maximum Gasteiger partial charge on any atom is 0.260 e. The van der Waals surface area contributed by atoms with Crippen LogP contribution < -0.4 is 4.74 Å². The number of para-hydroxylation sites is 2. The zero-order valence-corrected chi connectivity index (χ0v) is 11.6. The minimum Gasteiger partial charge on any atom is -0.504 e. The first-order valence-electron chi connectivity index (χ1n) is 6.45. The molecule has 110 valence electrons. The second kappa shape index (κ2) is 6.74. The summed E-state index contributed by atoms with van der Waals surface area (Å²) < 4.78 is 18.3. The van der Waals surface area contributed by atoms with Gasteiger partial charge in [0.2, 0.25) is 0 Å². The van der Waals surface area contributed by atoms with E-state index in [9.17, 15) is 14.3 Å². The van der Waals surface area contributed by atoms with Gasteiger partial charge in [0.1, 0.15) is 5.82 Å². The van der Waals surface area contributed by atoms with E-state index in [4.69, 9.17) is 4.74 Å². The third-order valence-electron chi connectivity index (χ3n) is 2.95. The molecule has 1 amide bonds. The Balaban J connectivity index is 1.90. The van der Waals surface area contributed by atoms with E-state index in [1.54, 1.807) is 37.4 Å². The zero-order chi connectivity index (χ0) is 15.2. The van der Waals surface area contributed by atoms with Crippen LogP contribution in [0.15, 0.2) is 48.5 Å². The summed E-state index contributed by atoms with van der Waals surface area (Å²) in [6, 6.07) is 12.5. The fourth-order valence-electron chi connectivity index (χ4n) is 1.83. The SMILES string of the molecule is CN(Cc1cccc(F)c1)C(=O)COc1ccccc1O. The maximum atomic E-state index is 13.1. The van der Waals surface area contributed by atoms with Crippen LogP contribution in [-0.4, -0.2) is 29.6 Å². The molecule has 1 N–H and O–H groups in total. The molecule has 0 spiro atoms. The number of rotatable bonds is 5. The largest absolute Gasteiger partial charge is 0.504 e. The lowest BCUT2D eigenvalue weighted by Crippen LogP contribution is -2.31. The molecule has 0 atom stereocenters. The highest BCUT2D eigenvalue weighted by molar-refractivity contribution is 5.77. The van der Waals surface area contributed by atoms with Gasteiger partial charge in [-0.1, -0.05) is 24.3 Å². The van der Waals surface area contributed by atoms with E-state index < -0.39 is 0 Å². The predicted octanol–water partition coefficient (Wildman–Crippen LogP) is 2.57. The van der Waals surface area contributed by atoms with Crippen molar-refractivity contribution in [3.05, 3.63) is 59.9 Å². The molecule has 5 heteroatoms. The van der Waals surface area contributed by atoms with Crippen LogP contribution >= 0.6 is 0 Å². The molecular weight excluding hydrogens is 273 g/mol. The number of nitrogens with zero attached hydrogens (tertiary/aromatic N) is 1. The molecule has 0 saturated heterocycles. The van der Waals surface area contributed by atoms with E-state index in [1.807, 2.05) is 0 Å². The summed E-state index contributed by atoms with van der Waals surface area (Å²) in [6.07, 6.45) is 0. The molecule has 0 saturated carbocycles. The lowest BCUT2D eigenvalue weighted by atomic mass is 10.2. The zero-order valence-electron chi connectivity index (χ0n) is 11.6. The Bertz CT molecular complexity index is 630.